The molecule has 3 rings (SSSR count). The van der Waals surface area contributed by atoms with Gasteiger partial charge in [0.15, 0.2) is 0 Å². The number of carbonyl (C=O) groups excluding carboxylic acids is 2. The third-order valence-corrected chi connectivity index (χ3v) is 5.00. The second kappa shape index (κ2) is 11.0. The zero-order valence-electron chi connectivity index (χ0n) is 18.1. The summed E-state index contributed by atoms with van der Waals surface area (Å²) in [5, 5.41) is 12.7. The molecule has 3 aromatic carbocycles. The number of amides is 1. The second-order valence-corrected chi connectivity index (χ2v) is 7.57. The monoisotopic (exact) mass is 460 g/mol. The Hall–Kier alpha value is -4.08. The number of ether oxygens (including phenoxy) is 2. The number of anilines is 1. The van der Waals surface area contributed by atoms with Gasteiger partial charge in [0.25, 0.3) is 5.91 Å². The Bertz CT molecular complexity index is 1240. The molecule has 0 unspecified atom stereocenters. The van der Waals surface area contributed by atoms with Gasteiger partial charge >= 0.3 is 5.97 Å². The average Bonchev–Trinajstić information content (AvgIpc) is 2.83. The van der Waals surface area contributed by atoms with E-state index >= 15 is 0 Å². The third kappa shape index (κ3) is 6.45. The van der Waals surface area contributed by atoms with Gasteiger partial charge in [0, 0.05) is 10.7 Å². The van der Waals surface area contributed by atoms with Crippen LogP contribution in [-0.2, 0) is 16.1 Å². The minimum absolute atomic E-state index is 0.0510. The predicted molar refractivity (Wildman–Crippen MR) is 127 cm³/mol. The molecule has 166 valence electrons. The molecule has 33 heavy (non-hydrogen) atoms. The van der Waals surface area contributed by atoms with Gasteiger partial charge < -0.3 is 14.8 Å². The minimum atomic E-state index is -0.528. The number of rotatable bonds is 7. The van der Waals surface area contributed by atoms with Crippen molar-refractivity contribution in [1.82, 2.24) is 0 Å². The van der Waals surface area contributed by atoms with Gasteiger partial charge in [-0.15, -0.1) is 0 Å². The van der Waals surface area contributed by atoms with E-state index < -0.39 is 11.9 Å². The maximum atomic E-state index is 12.6. The molecule has 1 N–H and O–H groups in total. The fourth-order valence-corrected chi connectivity index (χ4v) is 3.12. The lowest BCUT2D eigenvalue weighted by Gasteiger charge is -2.09. The molecule has 7 heteroatoms. The zero-order chi connectivity index (χ0) is 23.8. The number of esters is 1. The number of carbonyl (C=O) groups is 2. The normalized spacial score (nSPS) is 10.8. The van der Waals surface area contributed by atoms with Crippen molar-refractivity contribution in [2.24, 2.45) is 0 Å². The van der Waals surface area contributed by atoms with Gasteiger partial charge in [-0.25, -0.2) is 4.79 Å². The molecule has 0 heterocycles. The number of methoxy groups -OCH3 is 1. The van der Waals surface area contributed by atoms with Gasteiger partial charge in [-0.05, 0) is 66.1 Å². The lowest BCUT2D eigenvalue weighted by atomic mass is 10.1. The zero-order valence-corrected chi connectivity index (χ0v) is 18.8. The van der Waals surface area contributed by atoms with Crippen molar-refractivity contribution < 1.29 is 19.1 Å². The topological polar surface area (TPSA) is 88.4 Å². The molecular formula is C26H21ClN2O4. The molecule has 0 aliphatic heterocycles. The highest BCUT2D eigenvalue weighted by Gasteiger charge is 2.12. The van der Waals surface area contributed by atoms with Crippen molar-refractivity contribution in [3.05, 3.63) is 99.6 Å². The van der Waals surface area contributed by atoms with E-state index in [1.165, 1.54) is 13.2 Å². The summed E-state index contributed by atoms with van der Waals surface area (Å²) < 4.78 is 10.5. The molecule has 0 aromatic heterocycles. The Morgan fingerprint density at radius 2 is 1.85 bits per heavy atom. The van der Waals surface area contributed by atoms with Crippen LogP contribution in [-0.4, -0.2) is 19.0 Å². The maximum Gasteiger partial charge on any atom is 0.337 e. The third-order valence-electron chi connectivity index (χ3n) is 4.76. The lowest BCUT2D eigenvalue weighted by Crippen LogP contribution is -2.14. The Morgan fingerprint density at radius 3 is 2.55 bits per heavy atom. The number of nitrogens with one attached hydrogen (secondary N) is 1. The molecule has 6 nitrogen and oxygen atoms in total. The SMILES string of the molecule is COC(=O)c1ccc(COc2cccc(C=C(C#N)C(=O)Nc3cc(Cl)ccc3C)c2)cc1. The number of halogens is 1. The molecule has 0 atom stereocenters. The number of nitrogens with zero attached hydrogens (tertiary/aromatic N) is 1. The number of hydrogen-bond donors (Lipinski definition) is 1. The van der Waals surface area contributed by atoms with Crippen molar-refractivity contribution in [3.8, 4) is 11.8 Å². The Labute approximate surface area is 197 Å². The van der Waals surface area contributed by atoms with E-state index in [-0.39, 0.29) is 12.2 Å². The van der Waals surface area contributed by atoms with Crippen LogP contribution in [0.3, 0.4) is 0 Å². The van der Waals surface area contributed by atoms with E-state index in [0.717, 1.165) is 11.1 Å². The molecule has 0 spiro atoms. The van der Waals surface area contributed by atoms with E-state index in [1.807, 2.05) is 13.0 Å². The summed E-state index contributed by atoms with van der Waals surface area (Å²) in [6.07, 6.45) is 1.49. The van der Waals surface area contributed by atoms with Gasteiger partial charge in [-0.1, -0.05) is 41.9 Å². The van der Waals surface area contributed by atoms with Gasteiger partial charge in [0.05, 0.1) is 12.7 Å². The van der Waals surface area contributed by atoms with E-state index in [2.05, 4.69) is 10.1 Å². The number of aryl methyl sites for hydroxylation is 1. The predicted octanol–water partition coefficient (Wildman–Crippen LogP) is 5.56. The van der Waals surface area contributed by atoms with Crippen LogP contribution in [0.5, 0.6) is 5.75 Å². The molecule has 0 aliphatic rings. The quantitative estimate of drug-likeness (QED) is 0.283. The first-order chi connectivity index (χ1) is 15.9. The Kier molecular flexibility index (Phi) is 7.85. The van der Waals surface area contributed by atoms with E-state index in [9.17, 15) is 14.9 Å². The highest BCUT2D eigenvalue weighted by Crippen LogP contribution is 2.22. The fraction of sp³-hybridized carbons (Fsp3) is 0.115. The summed E-state index contributed by atoms with van der Waals surface area (Å²) >= 11 is 6.00. The molecule has 0 saturated carbocycles. The Balaban J connectivity index is 1.69. The van der Waals surface area contributed by atoms with Crippen LogP contribution in [0.2, 0.25) is 5.02 Å². The van der Waals surface area contributed by atoms with Crippen LogP contribution >= 0.6 is 11.6 Å². The largest absolute Gasteiger partial charge is 0.489 e. The molecule has 0 radical (unpaired) electrons. The van der Waals surface area contributed by atoms with E-state index in [0.29, 0.717) is 27.6 Å². The summed E-state index contributed by atoms with van der Waals surface area (Å²) in [6, 6.07) is 21.1. The van der Waals surface area contributed by atoms with Crippen LogP contribution in [0.1, 0.15) is 27.0 Å². The van der Waals surface area contributed by atoms with E-state index in [4.69, 9.17) is 16.3 Å². The van der Waals surface area contributed by atoms with Crippen molar-refractivity contribution in [1.29, 1.82) is 5.26 Å². The maximum absolute atomic E-state index is 12.6. The van der Waals surface area contributed by atoms with Crippen LogP contribution in [0, 0.1) is 18.3 Å². The minimum Gasteiger partial charge on any atom is -0.489 e. The summed E-state index contributed by atoms with van der Waals surface area (Å²) in [5.74, 6) is -0.353. The van der Waals surface area contributed by atoms with Crippen molar-refractivity contribution in [2.75, 3.05) is 12.4 Å². The number of benzene rings is 3. The van der Waals surface area contributed by atoms with Gasteiger partial charge in [-0.3, -0.25) is 4.79 Å². The van der Waals surface area contributed by atoms with E-state index in [1.54, 1.807) is 66.7 Å². The first-order valence-corrected chi connectivity index (χ1v) is 10.4. The summed E-state index contributed by atoms with van der Waals surface area (Å²) in [6.45, 7) is 2.12. The summed E-state index contributed by atoms with van der Waals surface area (Å²) in [5.41, 5.74) is 3.30. The summed E-state index contributed by atoms with van der Waals surface area (Å²) in [4.78, 5) is 24.1. The highest BCUT2D eigenvalue weighted by molar-refractivity contribution is 6.31. The van der Waals surface area contributed by atoms with Crippen molar-refractivity contribution >= 4 is 35.2 Å². The first kappa shape index (κ1) is 23.6. The van der Waals surface area contributed by atoms with Crippen LogP contribution in [0.25, 0.3) is 6.08 Å². The first-order valence-electron chi connectivity index (χ1n) is 9.99. The molecule has 0 fully saturated rings. The summed E-state index contributed by atoms with van der Waals surface area (Å²) in [7, 11) is 1.33. The number of hydrogen-bond acceptors (Lipinski definition) is 5. The molecule has 0 aliphatic carbocycles. The average molecular weight is 461 g/mol. The molecule has 3 aromatic rings. The van der Waals surface area contributed by atoms with Crippen LogP contribution < -0.4 is 10.1 Å². The standard InChI is InChI=1S/C26H21ClN2O4/c1-17-6-11-22(27)14-24(17)29-25(30)21(15-28)12-19-4-3-5-23(13-19)33-16-18-7-9-20(10-8-18)26(31)32-2/h3-14H,16H2,1-2H3,(H,29,30). The van der Waals surface area contributed by atoms with Gasteiger partial charge in [0.1, 0.15) is 24.0 Å². The fourth-order valence-electron chi connectivity index (χ4n) is 2.95. The van der Waals surface area contributed by atoms with Gasteiger partial charge in [0.2, 0.25) is 0 Å². The molecule has 0 bridgehead atoms. The molecule has 1 amide bonds. The molecular weight excluding hydrogens is 440 g/mol. The Morgan fingerprint density at radius 1 is 1.09 bits per heavy atom. The smallest absolute Gasteiger partial charge is 0.337 e. The lowest BCUT2D eigenvalue weighted by molar-refractivity contribution is -0.112. The van der Waals surface area contributed by atoms with Crippen molar-refractivity contribution in [2.45, 2.75) is 13.5 Å². The van der Waals surface area contributed by atoms with Crippen LogP contribution in [0.4, 0.5) is 5.69 Å². The van der Waals surface area contributed by atoms with Gasteiger partial charge in [-0.2, -0.15) is 5.26 Å². The molecule has 0 saturated heterocycles. The van der Waals surface area contributed by atoms with Crippen molar-refractivity contribution in [3.63, 3.8) is 0 Å². The number of nitriles is 1. The highest BCUT2D eigenvalue weighted by atomic mass is 35.5. The second-order valence-electron chi connectivity index (χ2n) is 7.13. The van der Waals surface area contributed by atoms with Crippen LogP contribution in [0.15, 0.2) is 72.3 Å².